The average molecular weight is 344 g/mol. The van der Waals surface area contributed by atoms with Gasteiger partial charge in [0.25, 0.3) is 5.91 Å². The number of methoxy groups -OCH3 is 2. The number of carbonyl (C=O) groups excluding carboxylic acids is 1. The largest absolute Gasteiger partial charge is 0.496 e. The van der Waals surface area contributed by atoms with Crippen molar-refractivity contribution < 1.29 is 24.2 Å². The van der Waals surface area contributed by atoms with Gasteiger partial charge in [0.05, 0.1) is 14.2 Å². The number of hydrogen-bond donors (Lipinski definition) is 2. The lowest BCUT2D eigenvalue weighted by Gasteiger charge is -2.12. The predicted molar refractivity (Wildman–Crippen MR) is 91.4 cm³/mol. The first kappa shape index (κ1) is 18.3. The number of aromatic nitrogens is 1. The third kappa shape index (κ3) is 4.06. The van der Waals surface area contributed by atoms with Crippen LogP contribution in [-0.4, -0.2) is 36.2 Å². The first-order valence-electron chi connectivity index (χ1n) is 7.58. The second-order valence-electron chi connectivity index (χ2n) is 5.45. The van der Waals surface area contributed by atoms with Gasteiger partial charge in [-0.15, -0.1) is 0 Å². The molecule has 7 heteroatoms. The smallest absolute Gasteiger partial charge is 0.339 e. The Hall–Kier alpha value is -3.09. The number of carboxylic acid groups (broad SMARTS) is 1. The molecule has 0 saturated carbocycles. The number of aryl methyl sites for hydroxylation is 2. The van der Waals surface area contributed by atoms with E-state index in [1.54, 1.807) is 19.1 Å². The molecule has 0 radical (unpaired) electrons. The molecule has 0 aliphatic rings. The number of nitrogens with zero attached hydrogens (tertiary/aromatic N) is 1. The molecule has 0 saturated heterocycles. The summed E-state index contributed by atoms with van der Waals surface area (Å²) in [6, 6.07) is 6.41. The molecule has 25 heavy (non-hydrogen) atoms. The van der Waals surface area contributed by atoms with Gasteiger partial charge in [0.15, 0.2) is 0 Å². The van der Waals surface area contributed by atoms with Gasteiger partial charge in [0.2, 0.25) is 5.88 Å². The number of amides is 1. The fourth-order valence-electron chi connectivity index (χ4n) is 2.40. The highest BCUT2D eigenvalue weighted by atomic mass is 16.5. The summed E-state index contributed by atoms with van der Waals surface area (Å²) in [4.78, 5) is 28.0. The van der Waals surface area contributed by atoms with Crippen LogP contribution in [0.25, 0.3) is 0 Å². The topological polar surface area (TPSA) is 97.8 Å². The number of rotatable bonds is 6. The lowest BCUT2D eigenvalue weighted by atomic mass is 10.0. The minimum Gasteiger partial charge on any atom is -0.496 e. The van der Waals surface area contributed by atoms with Crippen LogP contribution in [0.5, 0.6) is 11.6 Å². The van der Waals surface area contributed by atoms with Crippen LogP contribution < -0.4 is 14.8 Å². The maximum absolute atomic E-state index is 12.5. The van der Waals surface area contributed by atoms with E-state index in [2.05, 4.69) is 10.3 Å². The van der Waals surface area contributed by atoms with Crippen LogP contribution in [0.15, 0.2) is 24.3 Å². The van der Waals surface area contributed by atoms with Gasteiger partial charge in [0.1, 0.15) is 11.3 Å². The van der Waals surface area contributed by atoms with Crippen LogP contribution in [0, 0.1) is 13.8 Å². The molecule has 2 N–H and O–H groups in total. The molecule has 2 rings (SSSR count). The van der Waals surface area contributed by atoms with E-state index < -0.39 is 5.97 Å². The van der Waals surface area contributed by atoms with Gasteiger partial charge in [0, 0.05) is 23.9 Å². The molecule has 1 amide bonds. The molecule has 1 heterocycles. The highest BCUT2D eigenvalue weighted by molar-refractivity contribution is 6.00. The minimum absolute atomic E-state index is 0.0551. The molecule has 0 atom stereocenters. The van der Waals surface area contributed by atoms with Crippen molar-refractivity contribution in [2.45, 2.75) is 20.4 Å². The molecule has 132 valence electrons. The molecule has 0 fully saturated rings. The second-order valence-corrected chi connectivity index (χ2v) is 5.45. The van der Waals surface area contributed by atoms with Gasteiger partial charge in [-0.3, -0.25) is 4.79 Å². The Bertz CT molecular complexity index is 817. The zero-order valence-electron chi connectivity index (χ0n) is 14.5. The van der Waals surface area contributed by atoms with E-state index >= 15 is 0 Å². The SMILES string of the molecule is COc1ccc(CNC(=O)c2cc(C(=O)O)c(OC)cc2C)c(C)n1. The van der Waals surface area contributed by atoms with E-state index in [1.165, 1.54) is 20.3 Å². The van der Waals surface area contributed by atoms with Crippen LogP contribution in [0.4, 0.5) is 0 Å². The standard InChI is InChI=1S/C18H20N2O5/c1-10-7-15(24-3)14(18(22)23)8-13(10)17(21)19-9-12-5-6-16(25-4)20-11(12)2/h5-8H,9H2,1-4H3,(H,19,21)(H,22,23). The summed E-state index contributed by atoms with van der Waals surface area (Å²) in [6.07, 6.45) is 0. The van der Waals surface area contributed by atoms with Gasteiger partial charge in [-0.25, -0.2) is 9.78 Å². The number of ether oxygens (including phenoxy) is 2. The molecular formula is C18H20N2O5. The fraction of sp³-hybridized carbons (Fsp3) is 0.278. The van der Waals surface area contributed by atoms with Crippen molar-refractivity contribution >= 4 is 11.9 Å². The Balaban J connectivity index is 2.21. The van der Waals surface area contributed by atoms with Gasteiger partial charge in [-0.1, -0.05) is 6.07 Å². The Labute approximate surface area is 145 Å². The maximum atomic E-state index is 12.5. The average Bonchev–Trinajstić information content (AvgIpc) is 2.59. The summed E-state index contributed by atoms with van der Waals surface area (Å²) >= 11 is 0. The summed E-state index contributed by atoms with van der Waals surface area (Å²) in [6.45, 7) is 3.82. The molecule has 1 aromatic carbocycles. The van der Waals surface area contributed by atoms with Crippen molar-refractivity contribution in [1.82, 2.24) is 10.3 Å². The number of nitrogens with one attached hydrogen (secondary N) is 1. The number of pyridine rings is 1. The van der Waals surface area contributed by atoms with Gasteiger partial charge < -0.3 is 19.9 Å². The third-order valence-corrected chi connectivity index (χ3v) is 3.84. The molecule has 2 aromatic rings. The van der Waals surface area contributed by atoms with Crippen LogP contribution in [0.1, 0.15) is 37.5 Å². The van der Waals surface area contributed by atoms with Crippen LogP contribution >= 0.6 is 0 Å². The highest BCUT2D eigenvalue weighted by Gasteiger charge is 2.18. The van der Waals surface area contributed by atoms with Crippen molar-refractivity contribution in [2.24, 2.45) is 0 Å². The van der Waals surface area contributed by atoms with Crippen LogP contribution in [-0.2, 0) is 6.54 Å². The van der Waals surface area contributed by atoms with E-state index in [9.17, 15) is 14.7 Å². The summed E-state index contributed by atoms with van der Waals surface area (Å²) < 4.78 is 10.1. The molecule has 0 spiro atoms. The zero-order chi connectivity index (χ0) is 18.6. The normalized spacial score (nSPS) is 10.2. The Morgan fingerprint density at radius 3 is 2.40 bits per heavy atom. The van der Waals surface area contributed by atoms with E-state index in [0.717, 1.165) is 11.3 Å². The van der Waals surface area contributed by atoms with Crippen molar-refractivity contribution in [3.63, 3.8) is 0 Å². The molecule has 1 aromatic heterocycles. The number of carboxylic acids is 1. The Morgan fingerprint density at radius 1 is 1.12 bits per heavy atom. The van der Waals surface area contributed by atoms with Gasteiger partial charge >= 0.3 is 5.97 Å². The first-order chi connectivity index (χ1) is 11.9. The van der Waals surface area contributed by atoms with Crippen LogP contribution in [0.3, 0.4) is 0 Å². The molecule has 7 nitrogen and oxygen atoms in total. The highest BCUT2D eigenvalue weighted by Crippen LogP contribution is 2.23. The fourth-order valence-corrected chi connectivity index (χ4v) is 2.40. The van der Waals surface area contributed by atoms with E-state index in [4.69, 9.17) is 9.47 Å². The number of aromatic carboxylic acids is 1. The lowest BCUT2D eigenvalue weighted by molar-refractivity contribution is 0.0693. The molecular weight excluding hydrogens is 324 g/mol. The minimum atomic E-state index is -1.15. The molecule has 0 aliphatic heterocycles. The molecule has 0 aliphatic carbocycles. The second kappa shape index (κ2) is 7.65. The molecule has 0 unspecified atom stereocenters. The maximum Gasteiger partial charge on any atom is 0.339 e. The lowest BCUT2D eigenvalue weighted by Crippen LogP contribution is -2.24. The van der Waals surface area contributed by atoms with Gasteiger partial charge in [-0.2, -0.15) is 0 Å². The van der Waals surface area contributed by atoms with E-state index in [1.807, 2.05) is 13.0 Å². The quantitative estimate of drug-likeness (QED) is 0.835. The van der Waals surface area contributed by atoms with E-state index in [-0.39, 0.29) is 29.3 Å². The van der Waals surface area contributed by atoms with Crippen molar-refractivity contribution in [1.29, 1.82) is 0 Å². The number of benzene rings is 1. The third-order valence-electron chi connectivity index (χ3n) is 3.84. The Kier molecular flexibility index (Phi) is 5.59. The summed E-state index contributed by atoms with van der Waals surface area (Å²) in [5.41, 5.74) is 2.46. The number of carbonyl (C=O) groups is 2. The first-order valence-corrected chi connectivity index (χ1v) is 7.58. The Morgan fingerprint density at radius 2 is 1.84 bits per heavy atom. The van der Waals surface area contributed by atoms with Gasteiger partial charge in [-0.05, 0) is 37.1 Å². The summed E-state index contributed by atoms with van der Waals surface area (Å²) in [5, 5.41) is 12.0. The zero-order valence-corrected chi connectivity index (χ0v) is 14.5. The monoisotopic (exact) mass is 344 g/mol. The number of hydrogen-bond acceptors (Lipinski definition) is 5. The van der Waals surface area contributed by atoms with Crippen LogP contribution in [0.2, 0.25) is 0 Å². The van der Waals surface area contributed by atoms with E-state index in [0.29, 0.717) is 11.4 Å². The molecule has 0 bridgehead atoms. The predicted octanol–water partition coefficient (Wildman–Crippen LogP) is 2.34. The summed E-state index contributed by atoms with van der Waals surface area (Å²) in [7, 11) is 2.93. The van der Waals surface area contributed by atoms with Crippen molar-refractivity contribution in [3.05, 3.63) is 52.2 Å². The van der Waals surface area contributed by atoms with Crippen molar-refractivity contribution in [2.75, 3.05) is 14.2 Å². The summed E-state index contributed by atoms with van der Waals surface area (Å²) in [5.74, 6) is -0.791. The van der Waals surface area contributed by atoms with Crippen molar-refractivity contribution in [3.8, 4) is 11.6 Å².